The minimum Gasteiger partial charge on any atom is -0.477 e. The van der Waals surface area contributed by atoms with Crippen molar-refractivity contribution in [2.24, 2.45) is 0 Å². The first-order valence-electron chi connectivity index (χ1n) is 7.54. The van der Waals surface area contributed by atoms with Crippen molar-refractivity contribution < 1.29 is 9.90 Å². The highest BCUT2D eigenvalue weighted by Crippen LogP contribution is 2.49. The number of carboxylic acids is 1. The van der Waals surface area contributed by atoms with Crippen molar-refractivity contribution in [1.82, 2.24) is 4.98 Å². The number of halogens is 1. The summed E-state index contributed by atoms with van der Waals surface area (Å²) in [5.41, 5.74) is 9.72. The van der Waals surface area contributed by atoms with Crippen molar-refractivity contribution in [3.63, 3.8) is 0 Å². The molecule has 3 N–H and O–H groups in total. The first-order chi connectivity index (χ1) is 11.3. The van der Waals surface area contributed by atoms with Gasteiger partial charge in [-0.05, 0) is 30.5 Å². The van der Waals surface area contributed by atoms with E-state index in [1.807, 2.05) is 12.1 Å². The lowest BCUT2D eigenvalue weighted by Crippen LogP contribution is -2.14. The van der Waals surface area contributed by atoms with Crippen LogP contribution in [0.5, 0.6) is 0 Å². The number of aromatic carboxylic acids is 1. The Hall–Kier alpha value is -1.63. The van der Waals surface area contributed by atoms with Gasteiger partial charge in [0.25, 0.3) is 0 Å². The Morgan fingerprint density at radius 3 is 2.75 bits per heavy atom. The van der Waals surface area contributed by atoms with Gasteiger partial charge in [0.1, 0.15) is 9.71 Å². The van der Waals surface area contributed by atoms with Crippen molar-refractivity contribution in [3.8, 4) is 10.4 Å². The summed E-state index contributed by atoms with van der Waals surface area (Å²) < 4.78 is 0.702. The molecule has 0 bridgehead atoms. The number of hydrogen-bond acceptors (Lipinski definition) is 5. The second-order valence-electron chi connectivity index (χ2n) is 6.63. The van der Waals surface area contributed by atoms with Gasteiger partial charge in [-0.2, -0.15) is 0 Å². The molecule has 1 aliphatic carbocycles. The molecule has 124 valence electrons. The second kappa shape index (κ2) is 5.18. The summed E-state index contributed by atoms with van der Waals surface area (Å²) in [5.74, 6) is -1.01. The maximum atomic E-state index is 11.5. The van der Waals surface area contributed by atoms with Crippen LogP contribution in [0.1, 0.15) is 41.2 Å². The van der Waals surface area contributed by atoms with E-state index in [4.69, 9.17) is 22.3 Å². The second-order valence-corrected chi connectivity index (χ2v) is 9.35. The third kappa shape index (κ3) is 2.17. The van der Waals surface area contributed by atoms with Crippen LogP contribution >= 0.6 is 34.3 Å². The summed E-state index contributed by atoms with van der Waals surface area (Å²) in [6.45, 7) is 4.36. The number of nitrogens with two attached hydrogens (primary N) is 1. The summed E-state index contributed by atoms with van der Waals surface area (Å²) in [7, 11) is 0. The highest BCUT2D eigenvalue weighted by Gasteiger charge is 2.36. The van der Waals surface area contributed by atoms with E-state index in [9.17, 15) is 9.90 Å². The number of thiophene rings is 2. The molecule has 0 aliphatic heterocycles. The molecule has 3 aromatic heterocycles. The molecule has 0 unspecified atom stereocenters. The molecule has 0 radical (unpaired) electrons. The number of pyridine rings is 1. The van der Waals surface area contributed by atoms with Crippen molar-refractivity contribution in [2.75, 3.05) is 5.73 Å². The van der Waals surface area contributed by atoms with Crippen LogP contribution < -0.4 is 5.73 Å². The van der Waals surface area contributed by atoms with Crippen LogP contribution in [-0.4, -0.2) is 16.1 Å². The van der Waals surface area contributed by atoms with E-state index in [1.165, 1.54) is 16.9 Å². The van der Waals surface area contributed by atoms with E-state index in [-0.39, 0.29) is 10.3 Å². The molecule has 1 aliphatic rings. The molecule has 0 saturated heterocycles. The van der Waals surface area contributed by atoms with E-state index in [1.54, 1.807) is 0 Å². The highest BCUT2D eigenvalue weighted by atomic mass is 35.5. The molecule has 4 rings (SSSR count). The fourth-order valence-electron chi connectivity index (χ4n) is 3.43. The Kier molecular flexibility index (Phi) is 3.43. The van der Waals surface area contributed by atoms with Crippen LogP contribution in [0.15, 0.2) is 12.1 Å². The molecule has 0 fully saturated rings. The van der Waals surface area contributed by atoms with Crippen molar-refractivity contribution in [2.45, 2.75) is 32.1 Å². The zero-order chi connectivity index (χ0) is 17.2. The SMILES string of the molecule is CC1(C)CCc2c1nc1sc(C(=O)O)c(N)c1c2-c1ccc(Cl)s1. The molecule has 0 aromatic carbocycles. The van der Waals surface area contributed by atoms with Gasteiger partial charge in [0, 0.05) is 21.2 Å². The predicted octanol–water partition coefficient (Wildman–Crippen LogP) is 5.18. The van der Waals surface area contributed by atoms with E-state index >= 15 is 0 Å². The van der Waals surface area contributed by atoms with Crippen LogP contribution in [-0.2, 0) is 11.8 Å². The predicted molar refractivity (Wildman–Crippen MR) is 101 cm³/mol. The Bertz CT molecular complexity index is 1000. The summed E-state index contributed by atoms with van der Waals surface area (Å²) in [5, 5.41) is 10.2. The zero-order valence-electron chi connectivity index (χ0n) is 13.1. The molecule has 7 heteroatoms. The third-order valence-electron chi connectivity index (χ3n) is 4.63. The first kappa shape index (κ1) is 15.9. The van der Waals surface area contributed by atoms with Gasteiger partial charge in [0.2, 0.25) is 0 Å². The molecule has 0 amide bonds. The Balaban J connectivity index is 2.16. The van der Waals surface area contributed by atoms with E-state index < -0.39 is 5.97 Å². The van der Waals surface area contributed by atoms with Crippen LogP contribution in [0.3, 0.4) is 0 Å². The number of carbonyl (C=O) groups is 1. The summed E-state index contributed by atoms with van der Waals surface area (Å²) in [6, 6.07) is 3.84. The summed E-state index contributed by atoms with van der Waals surface area (Å²) >= 11 is 8.78. The fraction of sp³-hybridized carbons (Fsp3) is 0.294. The largest absolute Gasteiger partial charge is 0.477 e. The third-order valence-corrected chi connectivity index (χ3v) is 6.97. The van der Waals surface area contributed by atoms with Crippen LogP contribution in [0.4, 0.5) is 5.69 Å². The number of nitrogens with zero attached hydrogens (tertiary/aromatic N) is 1. The number of anilines is 1. The minimum absolute atomic E-state index is 0.0263. The smallest absolute Gasteiger partial charge is 0.348 e. The lowest BCUT2D eigenvalue weighted by molar-refractivity contribution is 0.0703. The number of fused-ring (bicyclic) bond motifs is 2. The van der Waals surface area contributed by atoms with Crippen molar-refractivity contribution in [1.29, 1.82) is 0 Å². The maximum Gasteiger partial charge on any atom is 0.348 e. The van der Waals surface area contributed by atoms with E-state index in [0.29, 0.717) is 14.9 Å². The summed E-state index contributed by atoms with van der Waals surface area (Å²) in [4.78, 5) is 18.2. The first-order valence-corrected chi connectivity index (χ1v) is 9.55. The van der Waals surface area contributed by atoms with Crippen molar-refractivity contribution in [3.05, 3.63) is 32.6 Å². The van der Waals surface area contributed by atoms with Gasteiger partial charge in [-0.3, -0.25) is 0 Å². The topological polar surface area (TPSA) is 76.2 Å². The Labute approximate surface area is 151 Å². The van der Waals surface area contributed by atoms with E-state index in [2.05, 4.69) is 13.8 Å². The van der Waals surface area contributed by atoms with Crippen LogP contribution in [0.25, 0.3) is 20.7 Å². The average Bonchev–Trinajstić information content (AvgIpc) is 3.16. The number of rotatable bonds is 2. The van der Waals surface area contributed by atoms with Gasteiger partial charge >= 0.3 is 5.97 Å². The number of carboxylic acid groups (broad SMARTS) is 1. The van der Waals surface area contributed by atoms with Crippen LogP contribution in [0, 0.1) is 0 Å². The standard InChI is InChI=1S/C17H15ClN2O2S2/c1-17(2)6-5-7-10(8-3-4-9(18)23-8)11-12(19)13(16(21)22)24-15(11)20-14(7)17/h3-4H,5-6,19H2,1-2H3,(H,21,22). The zero-order valence-corrected chi connectivity index (χ0v) is 15.5. The average molecular weight is 379 g/mol. The molecule has 3 aromatic rings. The molecule has 0 atom stereocenters. The number of aromatic nitrogens is 1. The molecular weight excluding hydrogens is 364 g/mol. The van der Waals surface area contributed by atoms with Gasteiger partial charge in [-0.15, -0.1) is 22.7 Å². The monoisotopic (exact) mass is 378 g/mol. The molecule has 0 spiro atoms. The van der Waals surface area contributed by atoms with Gasteiger partial charge in [-0.1, -0.05) is 25.4 Å². The summed E-state index contributed by atoms with van der Waals surface area (Å²) in [6.07, 6.45) is 1.93. The number of nitrogen functional groups attached to an aromatic ring is 1. The van der Waals surface area contributed by atoms with Gasteiger partial charge < -0.3 is 10.8 Å². The van der Waals surface area contributed by atoms with Crippen molar-refractivity contribution >= 4 is 56.1 Å². The van der Waals surface area contributed by atoms with Crippen LogP contribution in [0.2, 0.25) is 4.34 Å². The normalized spacial score (nSPS) is 15.8. The maximum absolute atomic E-state index is 11.5. The fourth-order valence-corrected chi connectivity index (χ4v) is 5.49. The molecule has 3 heterocycles. The van der Waals surface area contributed by atoms with Gasteiger partial charge in [0.05, 0.1) is 15.7 Å². The van der Waals surface area contributed by atoms with Gasteiger partial charge in [-0.25, -0.2) is 9.78 Å². The molecule has 24 heavy (non-hydrogen) atoms. The Morgan fingerprint density at radius 2 is 2.12 bits per heavy atom. The lowest BCUT2D eigenvalue weighted by atomic mass is 9.90. The minimum atomic E-state index is -1.01. The quantitative estimate of drug-likeness (QED) is 0.643. The molecule has 0 saturated carbocycles. The van der Waals surface area contributed by atoms with E-state index in [0.717, 1.165) is 45.7 Å². The Morgan fingerprint density at radius 1 is 1.38 bits per heavy atom. The molecular formula is C17H15ClN2O2S2. The highest BCUT2D eigenvalue weighted by molar-refractivity contribution is 7.21. The lowest BCUT2D eigenvalue weighted by Gasteiger charge is -2.18. The number of hydrogen-bond donors (Lipinski definition) is 2. The van der Waals surface area contributed by atoms with Gasteiger partial charge in [0.15, 0.2) is 0 Å². The molecule has 4 nitrogen and oxygen atoms in total.